The molecule has 128 valence electrons. The van der Waals surface area contributed by atoms with Crippen molar-refractivity contribution in [1.29, 1.82) is 0 Å². The van der Waals surface area contributed by atoms with Crippen molar-refractivity contribution in [3.05, 3.63) is 0 Å². The maximum atomic E-state index is 6.32. The van der Waals surface area contributed by atoms with Crippen LogP contribution in [0.3, 0.4) is 0 Å². The van der Waals surface area contributed by atoms with Crippen molar-refractivity contribution in [3.8, 4) is 0 Å². The summed E-state index contributed by atoms with van der Waals surface area (Å²) in [5.41, 5.74) is 16.6. The van der Waals surface area contributed by atoms with E-state index in [2.05, 4.69) is 5.32 Å². The Labute approximate surface area is 128 Å². The Bertz CT molecular complexity index is 208. The highest BCUT2D eigenvalue weighted by Crippen LogP contribution is 2.05. The van der Waals surface area contributed by atoms with E-state index in [0.717, 1.165) is 25.8 Å². The van der Waals surface area contributed by atoms with E-state index in [1.54, 1.807) is 0 Å². The first-order valence-corrected chi connectivity index (χ1v) is 7.75. The molecule has 0 spiro atoms. The van der Waals surface area contributed by atoms with Crippen LogP contribution in [0.4, 0.5) is 0 Å². The zero-order valence-corrected chi connectivity index (χ0v) is 13.4. The standard InChI is InChI=1S/C14H34N4O3/c1-18-7-4-10-21-13-14(17,11-19-8-2-5-15)12-20-9-3-6-16/h18H,2-13,15-17H2,1H3. The molecule has 0 saturated heterocycles. The Morgan fingerprint density at radius 2 is 1.24 bits per heavy atom. The van der Waals surface area contributed by atoms with Gasteiger partial charge in [-0.1, -0.05) is 0 Å². The van der Waals surface area contributed by atoms with Gasteiger partial charge in [0.25, 0.3) is 0 Å². The lowest BCUT2D eigenvalue weighted by Gasteiger charge is -2.29. The Balaban J connectivity index is 3.98. The number of nitrogens with one attached hydrogen (secondary N) is 1. The molecule has 0 heterocycles. The normalized spacial score (nSPS) is 12.0. The van der Waals surface area contributed by atoms with E-state index in [1.807, 2.05) is 7.05 Å². The minimum absolute atomic E-state index is 0.404. The summed E-state index contributed by atoms with van der Waals surface area (Å²) >= 11 is 0. The summed E-state index contributed by atoms with van der Waals surface area (Å²) < 4.78 is 16.8. The fraction of sp³-hybridized carbons (Fsp3) is 1.00. The van der Waals surface area contributed by atoms with Crippen molar-refractivity contribution in [2.24, 2.45) is 17.2 Å². The molecule has 0 unspecified atom stereocenters. The number of rotatable bonds is 16. The molecule has 21 heavy (non-hydrogen) atoms. The van der Waals surface area contributed by atoms with Crippen molar-refractivity contribution in [1.82, 2.24) is 5.32 Å². The summed E-state index contributed by atoms with van der Waals surface area (Å²) in [6.07, 6.45) is 2.61. The molecule has 7 nitrogen and oxygen atoms in total. The first-order valence-electron chi connectivity index (χ1n) is 7.75. The third-order valence-corrected chi connectivity index (χ3v) is 2.87. The second-order valence-corrected chi connectivity index (χ2v) is 5.26. The SMILES string of the molecule is CNCCCOCC(N)(COCCCN)COCCCN. The van der Waals surface area contributed by atoms with E-state index in [0.29, 0.717) is 52.7 Å². The average molecular weight is 306 g/mol. The molecule has 0 amide bonds. The van der Waals surface area contributed by atoms with Crippen LogP contribution in [0, 0.1) is 0 Å². The highest BCUT2D eigenvalue weighted by Gasteiger charge is 2.26. The van der Waals surface area contributed by atoms with Gasteiger partial charge in [0.15, 0.2) is 0 Å². The quantitative estimate of drug-likeness (QED) is 0.271. The third-order valence-electron chi connectivity index (χ3n) is 2.87. The molecule has 0 rings (SSSR count). The lowest BCUT2D eigenvalue weighted by atomic mass is 10.1. The topological polar surface area (TPSA) is 118 Å². The van der Waals surface area contributed by atoms with Gasteiger partial charge in [0.1, 0.15) is 0 Å². The van der Waals surface area contributed by atoms with Gasteiger partial charge in [-0.15, -0.1) is 0 Å². The van der Waals surface area contributed by atoms with Crippen molar-refractivity contribution in [3.63, 3.8) is 0 Å². The van der Waals surface area contributed by atoms with Crippen LogP contribution in [0.15, 0.2) is 0 Å². The minimum atomic E-state index is -0.622. The molecule has 0 aromatic rings. The first kappa shape index (κ1) is 20.7. The van der Waals surface area contributed by atoms with Gasteiger partial charge in [0, 0.05) is 19.8 Å². The van der Waals surface area contributed by atoms with Crippen LogP contribution in [-0.4, -0.2) is 71.9 Å². The maximum absolute atomic E-state index is 6.32. The third kappa shape index (κ3) is 13.1. The van der Waals surface area contributed by atoms with Crippen LogP contribution in [-0.2, 0) is 14.2 Å². The van der Waals surface area contributed by atoms with Crippen molar-refractivity contribution < 1.29 is 14.2 Å². The molecule has 0 bridgehead atoms. The zero-order chi connectivity index (χ0) is 15.8. The van der Waals surface area contributed by atoms with Crippen LogP contribution in [0.25, 0.3) is 0 Å². The molecule has 0 radical (unpaired) electrons. The van der Waals surface area contributed by atoms with Gasteiger partial charge in [-0.25, -0.2) is 0 Å². The van der Waals surface area contributed by atoms with Gasteiger partial charge < -0.3 is 36.7 Å². The molecular formula is C14H34N4O3. The molecule has 0 fully saturated rings. The fourth-order valence-electron chi connectivity index (χ4n) is 1.67. The van der Waals surface area contributed by atoms with Gasteiger partial charge >= 0.3 is 0 Å². The van der Waals surface area contributed by atoms with Crippen LogP contribution in [0.5, 0.6) is 0 Å². The summed E-state index contributed by atoms with van der Waals surface area (Å²) in [7, 11) is 1.92. The van der Waals surface area contributed by atoms with E-state index in [-0.39, 0.29) is 0 Å². The minimum Gasteiger partial charge on any atom is -0.379 e. The molecule has 0 aliphatic carbocycles. The molecule has 0 atom stereocenters. The van der Waals surface area contributed by atoms with E-state index in [4.69, 9.17) is 31.4 Å². The van der Waals surface area contributed by atoms with E-state index in [9.17, 15) is 0 Å². The Morgan fingerprint density at radius 3 is 1.62 bits per heavy atom. The smallest absolute Gasteiger partial charge is 0.0865 e. The molecule has 7 heteroatoms. The maximum Gasteiger partial charge on any atom is 0.0865 e. The average Bonchev–Trinajstić information content (AvgIpc) is 2.48. The second kappa shape index (κ2) is 14.6. The molecule has 0 aromatic carbocycles. The van der Waals surface area contributed by atoms with E-state index in [1.165, 1.54) is 0 Å². The Kier molecular flexibility index (Phi) is 14.5. The van der Waals surface area contributed by atoms with Crippen LogP contribution in [0.2, 0.25) is 0 Å². The monoisotopic (exact) mass is 306 g/mol. The molecular weight excluding hydrogens is 272 g/mol. The van der Waals surface area contributed by atoms with E-state index < -0.39 is 5.54 Å². The lowest BCUT2D eigenvalue weighted by molar-refractivity contribution is -0.0232. The summed E-state index contributed by atoms with van der Waals surface area (Å²) in [6, 6.07) is 0. The first-order chi connectivity index (χ1) is 10.2. The van der Waals surface area contributed by atoms with Crippen LogP contribution < -0.4 is 22.5 Å². The van der Waals surface area contributed by atoms with Crippen LogP contribution in [0.1, 0.15) is 19.3 Å². The zero-order valence-electron chi connectivity index (χ0n) is 13.4. The predicted molar refractivity (Wildman–Crippen MR) is 85.3 cm³/mol. The Morgan fingerprint density at radius 1 is 0.810 bits per heavy atom. The highest BCUT2D eigenvalue weighted by atomic mass is 16.5. The number of hydrogen-bond donors (Lipinski definition) is 4. The van der Waals surface area contributed by atoms with Gasteiger partial charge in [0.05, 0.1) is 25.4 Å². The predicted octanol–water partition coefficient (Wildman–Crippen LogP) is -0.959. The second-order valence-electron chi connectivity index (χ2n) is 5.26. The molecule has 0 aliphatic rings. The fourth-order valence-corrected chi connectivity index (χ4v) is 1.67. The van der Waals surface area contributed by atoms with E-state index >= 15 is 0 Å². The van der Waals surface area contributed by atoms with Gasteiger partial charge in [-0.2, -0.15) is 0 Å². The summed E-state index contributed by atoms with van der Waals surface area (Å²) in [5, 5.41) is 3.08. The summed E-state index contributed by atoms with van der Waals surface area (Å²) in [5.74, 6) is 0. The van der Waals surface area contributed by atoms with Crippen molar-refractivity contribution in [2.45, 2.75) is 24.8 Å². The number of hydrogen-bond acceptors (Lipinski definition) is 7. The largest absolute Gasteiger partial charge is 0.379 e. The summed E-state index contributed by atoms with van der Waals surface area (Å²) in [4.78, 5) is 0. The molecule has 7 N–H and O–H groups in total. The van der Waals surface area contributed by atoms with Crippen molar-refractivity contribution in [2.75, 3.05) is 66.3 Å². The van der Waals surface area contributed by atoms with Crippen molar-refractivity contribution >= 4 is 0 Å². The van der Waals surface area contributed by atoms with Gasteiger partial charge in [-0.05, 0) is 45.9 Å². The number of nitrogens with two attached hydrogens (primary N) is 3. The highest BCUT2D eigenvalue weighted by molar-refractivity contribution is 4.84. The number of ether oxygens (including phenoxy) is 3. The summed E-state index contributed by atoms with van der Waals surface area (Å²) in [6.45, 7) is 5.28. The lowest BCUT2D eigenvalue weighted by Crippen LogP contribution is -2.53. The van der Waals surface area contributed by atoms with Gasteiger partial charge in [0.2, 0.25) is 0 Å². The molecule has 0 aromatic heterocycles. The molecule has 0 aliphatic heterocycles. The van der Waals surface area contributed by atoms with Crippen LogP contribution >= 0.6 is 0 Å². The molecule has 0 saturated carbocycles. The Hall–Kier alpha value is -0.280. The van der Waals surface area contributed by atoms with Gasteiger partial charge in [-0.3, -0.25) is 0 Å².